The van der Waals surface area contributed by atoms with Crippen LogP contribution >= 0.6 is 0 Å². The van der Waals surface area contributed by atoms with Crippen LogP contribution in [0.3, 0.4) is 0 Å². The summed E-state index contributed by atoms with van der Waals surface area (Å²) in [5.41, 5.74) is 2.84. The van der Waals surface area contributed by atoms with Crippen molar-refractivity contribution in [3.05, 3.63) is 83.9 Å². The van der Waals surface area contributed by atoms with E-state index in [1.54, 1.807) is 0 Å². The molecule has 182 valence electrons. The molecule has 1 heteroatoms. The lowest BCUT2D eigenvalue weighted by Gasteiger charge is -2.22. The van der Waals surface area contributed by atoms with E-state index in [9.17, 15) is 0 Å². The quantitative estimate of drug-likeness (QED) is 0.144. The molecule has 0 aliphatic rings. The SMILES string of the molecule is CC/C=C/CCCCCCCCCCCCCCN(Cc1ccccc1)Cc1ccccc1. The van der Waals surface area contributed by atoms with E-state index in [1.165, 1.54) is 108 Å². The van der Waals surface area contributed by atoms with Crippen molar-refractivity contribution in [2.75, 3.05) is 6.54 Å². The summed E-state index contributed by atoms with van der Waals surface area (Å²) in [5.74, 6) is 0. The van der Waals surface area contributed by atoms with Gasteiger partial charge in [-0.25, -0.2) is 0 Å². The van der Waals surface area contributed by atoms with Crippen molar-refractivity contribution in [2.45, 2.75) is 110 Å². The van der Waals surface area contributed by atoms with E-state index in [0.717, 1.165) is 13.1 Å². The number of benzene rings is 2. The molecule has 0 aliphatic carbocycles. The average Bonchev–Trinajstić information content (AvgIpc) is 2.85. The topological polar surface area (TPSA) is 3.24 Å². The van der Waals surface area contributed by atoms with E-state index < -0.39 is 0 Å². The summed E-state index contributed by atoms with van der Waals surface area (Å²) < 4.78 is 0. The first-order valence-electron chi connectivity index (χ1n) is 13.8. The molecule has 0 spiro atoms. The lowest BCUT2D eigenvalue weighted by molar-refractivity contribution is 0.250. The summed E-state index contributed by atoms with van der Waals surface area (Å²) >= 11 is 0. The van der Waals surface area contributed by atoms with Gasteiger partial charge in [0.2, 0.25) is 0 Å². The van der Waals surface area contributed by atoms with Gasteiger partial charge in [-0.1, -0.05) is 144 Å². The Hall–Kier alpha value is -1.86. The number of nitrogens with zero attached hydrogens (tertiary/aromatic N) is 1. The van der Waals surface area contributed by atoms with Crippen molar-refractivity contribution < 1.29 is 0 Å². The lowest BCUT2D eigenvalue weighted by Crippen LogP contribution is -2.24. The van der Waals surface area contributed by atoms with Gasteiger partial charge in [0.15, 0.2) is 0 Å². The fraction of sp³-hybridized carbons (Fsp3) is 0.562. The molecule has 0 bridgehead atoms. The Morgan fingerprint density at radius 1 is 0.515 bits per heavy atom. The van der Waals surface area contributed by atoms with E-state index in [-0.39, 0.29) is 0 Å². The fourth-order valence-corrected chi connectivity index (χ4v) is 4.55. The second kappa shape index (κ2) is 19.6. The molecular weight excluding hydrogens is 398 g/mol. The maximum absolute atomic E-state index is 2.62. The van der Waals surface area contributed by atoms with Crippen LogP contribution in [0, 0.1) is 0 Å². The highest BCUT2D eigenvalue weighted by Gasteiger charge is 2.07. The zero-order valence-corrected chi connectivity index (χ0v) is 21.4. The van der Waals surface area contributed by atoms with Gasteiger partial charge in [0.1, 0.15) is 0 Å². The molecule has 0 aliphatic heterocycles. The van der Waals surface area contributed by atoms with E-state index >= 15 is 0 Å². The predicted octanol–water partition coefficient (Wildman–Crippen LogP) is 9.73. The summed E-state index contributed by atoms with van der Waals surface area (Å²) in [6.07, 6.45) is 24.0. The largest absolute Gasteiger partial charge is 0.295 e. The van der Waals surface area contributed by atoms with Gasteiger partial charge in [-0.3, -0.25) is 4.90 Å². The second-order valence-corrected chi connectivity index (χ2v) is 9.59. The zero-order valence-electron chi connectivity index (χ0n) is 21.4. The first-order chi connectivity index (χ1) is 16.4. The Labute approximate surface area is 205 Å². The minimum Gasteiger partial charge on any atom is -0.295 e. The molecule has 0 saturated carbocycles. The van der Waals surface area contributed by atoms with Gasteiger partial charge in [0.05, 0.1) is 0 Å². The molecule has 0 saturated heterocycles. The van der Waals surface area contributed by atoms with Crippen LogP contribution < -0.4 is 0 Å². The van der Waals surface area contributed by atoms with Gasteiger partial charge in [0, 0.05) is 13.1 Å². The van der Waals surface area contributed by atoms with Gasteiger partial charge in [-0.2, -0.15) is 0 Å². The smallest absolute Gasteiger partial charge is 0.0237 e. The van der Waals surface area contributed by atoms with Gasteiger partial charge in [-0.05, 0) is 43.4 Å². The second-order valence-electron chi connectivity index (χ2n) is 9.59. The third-order valence-electron chi connectivity index (χ3n) is 6.50. The lowest BCUT2D eigenvalue weighted by atomic mass is 10.0. The third-order valence-corrected chi connectivity index (χ3v) is 6.50. The van der Waals surface area contributed by atoms with Crippen molar-refractivity contribution >= 4 is 0 Å². The molecule has 0 heterocycles. The maximum atomic E-state index is 2.62. The number of unbranched alkanes of at least 4 members (excludes halogenated alkanes) is 12. The molecule has 0 radical (unpaired) electrons. The number of allylic oxidation sites excluding steroid dienone is 2. The molecule has 2 rings (SSSR count). The van der Waals surface area contributed by atoms with Crippen LogP contribution in [0.4, 0.5) is 0 Å². The Morgan fingerprint density at radius 3 is 1.39 bits per heavy atom. The number of hydrogen-bond donors (Lipinski definition) is 0. The molecule has 0 N–H and O–H groups in total. The summed E-state index contributed by atoms with van der Waals surface area (Å²) in [4.78, 5) is 2.62. The molecule has 2 aromatic carbocycles. The van der Waals surface area contributed by atoms with Crippen molar-refractivity contribution in [3.8, 4) is 0 Å². The van der Waals surface area contributed by atoms with Crippen LogP contribution in [-0.2, 0) is 13.1 Å². The van der Waals surface area contributed by atoms with E-state index in [0.29, 0.717) is 0 Å². The minimum atomic E-state index is 1.05. The Kier molecular flexibility index (Phi) is 16.3. The van der Waals surface area contributed by atoms with Crippen LogP contribution in [0.5, 0.6) is 0 Å². The zero-order chi connectivity index (χ0) is 23.2. The molecule has 0 amide bonds. The van der Waals surface area contributed by atoms with E-state index in [4.69, 9.17) is 0 Å². The van der Waals surface area contributed by atoms with Gasteiger partial charge < -0.3 is 0 Å². The van der Waals surface area contributed by atoms with Crippen LogP contribution in [0.15, 0.2) is 72.8 Å². The van der Waals surface area contributed by atoms with E-state index in [1.807, 2.05) is 0 Å². The highest BCUT2D eigenvalue weighted by molar-refractivity contribution is 5.17. The standard InChI is InChI=1S/C32H49N/c1-2-3-4-5-6-7-8-9-10-11-12-13-14-15-16-23-28-33(29-31-24-19-17-20-25-31)30-32-26-21-18-22-27-32/h3-4,17-22,24-27H,2,5-16,23,28-30H2,1H3/b4-3+. The third kappa shape index (κ3) is 14.8. The van der Waals surface area contributed by atoms with Crippen LogP contribution in [0.1, 0.15) is 108 Å². The van der Waals surface area contributed by atoms with Crippen molar-refractivity contribution in [2.24, 2.45) is 0 Å². The Balaban J connectivity index is 1.48. The molecule has 2 aromatic rings. The Morgan fingerprint density at radius 2 is 0.939 bits per heavy atom. The van der Waals surface area contributed by atoms with Gasteiger partial charge >= 0.3 is 0 Å². The minimum absolute atomic E-state index is 1.05. The van der Waals surface area contributed by atoms with Crippen LogP contribution in [0.25, 0.3) is 0 Å². The molecule has 0 unspecified atom stereocenters. The predicted molar refractivity (Wildman–Crippen MR) is 146 cm³/mol. The normalized spacial score (nSPS) is 11.6. The molecule has 33 heavy (non-hydrogen) atoms. The Bertz CT molecular complexity index is 649. The van der Waals surface area contributed by atoms with E-state index in [2.05, 4.69) is 84.6 Å². The summed E-state index contributed by atoms with van der Waals surface area (Å²) in [6.45, 7) is 5.50. The fourth-order valence-electron chi connectivity index (χ4n) is 4.55. The molecule has 0 fully saturated rings. The monoisotopic (exact) mass is 447 g/mol. The highest BCUT2D eigenvalue weighted by atomic mass is 15.1. The molecular formula is C32H49N. The summed E-state index contributed by atoms with van der Waals surface area (Å²) in [6, 6.07) is 21.9. The summed E-state index contributed by atoms with van der Waals surface area (Å²) in [7, 11) is 0. The summed E-state index contributed by atoms with van der Waals surface area (Å²) in [5, 5.41) is 0. The highest BCUT2D eigenvalue weighted by Crippen LogP contribution is 2.15. The number of rotatable bonds is 20. The van der Waals surface area contributed by atoms with Crippen molar-refractivity contribution in [1.29, 1.82) is 0 Å². The average molecular weight is 448 g/mol. The van der Waals surface area contributed by atoms with Crippen LogP contribution in [-0.4, -0.2) is 11.4 Å². The van der Waals surface area contributed by atoms with Crippen molar-refractivity contribution in [3.63, 3.8) is 0 Å². The maximum Gasteiger partial charge on any atom is 0.0237 e. The van der Waals surface area contributed by atoms with Crippen molar-refractivity contribution in [1.82, 2.24) is 4.90 Å². The first kappa shape index (κ1) is 27.4. The number of hydrogen-bond acceptors (Lipinski definition) is 1. The molecule has 1 nitrogen and oxygen atoms in total. The first-order valence-corrected chi connectivity index (χ1v) is 13.8. The van der Waals surface area contributed by atoms with Crippen LogP contribution in [0.2, 0.25) is 0 Å². The molecule has 0 atom stereocenters. The molecule has 0 aromatic heterocycles. The van der Waals surface area contributed by atoms with Gasteiger partial charge in [0.25, 0.3) is 0 Å². The van der Waals surface area contributed by atoms with Gasteiger partial charge in [-0.15, -0.1) is 0 Å².